The van der Waals surface area contributed by atoms with Gasteiger partial charge in [-0.15, -0.1) is 11.3 Å². The van der Waals surface area contributed by atoms with Crippen LogP contribution < -0.4 is 11.1 Å². The average Bonchev–Trinajstić information content (AvgIpc) is 2.82. The lowest BCUT2D eigenvalue weighted by Crippen LogP contribution is -2.09. The largest absolute Gasteiger partial charge is 0.382 e. The van der Waals surface area contributed by atoms with Crippen molar-refractivity contribution in [3.63, 3.8) is 0 Å². The Bertz CT molecular complexity index is 424. The number of nitrogens with one attached hydrogen (secondary N) is 1. The molecule has 0 bridgehead atoms. The molecule has 0 aromatic carbocycles. The van der Waals surface area contributed by atoms with Gasteiger partial charge in [-0.25, -0.2) is 9.97 Å². The van der Waals surface area contributed by atoms with Gasteiger partial charge >= 0.3 is 0 Å². The van der Waals surface area contributed by atoms with Crippen LogP contribution in [0.4, 0.5) is 11.6 Å². The highest BCUT2D eigenvalue weighted by Crippen LogP contribution is 2.24. The Labute approximate surface area is 98.6 Å². The Morgan fingerprint density at radius 1 is 1.44 bits per heavy atom. The van der Waals surface area contributed by atoms with Crippen molar-refractivity contribution in [3.8, 4) is 0 Å². The smallest absolute Gasteiger partial charge is 0.145 e. The third-order valence-electron chi connectivity index (χ3n) is 2.29. The number of nitrogens with two attached hydrogens (primary N) is 1. The molecule has 0 radical (unpaired) electrons. The van der Waals surface area contributed by atoms with Gasteiger partial charge in [0, 0.05) is 4.88 Å². The predicted molar refractivity (Wildman–Crippen MR) is 67.4 cm³/mol. The van der Waals surface area contributed by atoms with Crippen LogP contribution in [0.2, 0.25) is 0 Å². The van der Waals surface area contributed by atoms with Gasteiger partial charge in [0.25, 0.3) is 0 Å². The summed E-state index contributed by atoms with van der Waals surface area (Å²) in [5.41, 5.74) is 5.49. The Hall–Kier alpha value is -1.62. The van der Waals surface area contributed by atoms with E-state index in [1.54, 1.807) is 23.7 Å². The first-order valence-corrected chi connectivity index (χ1v) is 6.05. The second-order valence-corrected chi connectivity index (χ2v) is 4.43. The van der Waals surface area contributed by atoms with Crippen LogP contribution in [0.3, 0.4) is 0 Å². The number of nitrogen functional groups attached to an aromatic ring is 1. The molecular weight excluding hydrogens is 220 g/mol. The maximum absolute atomic E-state index is 5.49. The predicted octanol–water partition coefficient (Wildman–Crippen LogP) is 2.68. The van der Waals surface area contributed by atoms with E-state index in [9.17, 15) is 0 Å². The van der Waals surface area contributed by atoms with Crippen LogP contribution in [-0.4, -0.2) is 9.97 Å². The lowest BCUT2D eigenvalue weighted by molar-refractivity contribution is 0.758. The third kappa shape index (κ3) is 2.49. The molecule has 2 rings (SSSR count). The third-order valence-corrected chi connectivity index (χ3v) is 3.27. The van der Waals surface area contributed by atoms with Crippen molar-refractivity contribution < 1.29 is 0 Å². The molecule has 0 aliphatic carbocycles. The first-order valence-electron chi connectivity index (χ1n) is 5.17. The summed E-state index contributed by atoms with van der Waals surface area (Å²) in [6, 6.07) is 4.47. The number of anilines is 2. The molecule has 5 heteroatoms. The molecule has 3 N–H and O–H groups in total. The minimum atomic E-state index is 0.290. The maximum Gasteiger partial charge on any atom is 0.145 e. The molecule has 84 valence electrons. The van der Waals surface area contributed by atoms with Crippen molar-refractivity contribution in [1.82, 2.24) is 9.97 Å². The molecule has 0 saturated heterocycles. The number of nitrogens with zero attached hydrogens (tertiary/aromatic N) is 2. The highest BCUT2D eigenvalue weighted by atomic mass is 32.1. The van der Waals surface area contributed by atoms with Crippen LogP contribution in [0.15, 0.2) is 29.9 Å². The number of thiophene rings is 1. The highest BCUT2D eigenvalue weighted by molar-refractivity contribution is 7.10. The van der Waals surface area contributed by atoms with Crippen LogP contribution in [0, 0.1) is 0 Å². The summed E-state index contributed by atoms with van der Waals surface area (Å²) in [4.78, 5) is 9.49. The summed E-state index contributed by atoms with van der Waals surface area (Å²) in [6.45, 7) is 2.14. The van der Waals surface area contributed by atoms with E-state index in [0.29, 0.717) is 5.82 Å². The van der Waals surface area contributed by atoms with E-state index in [1.165, 1.54) is 4.88 Å². The summed E-state index contributed by atoms with van der Waals surface area (Å²) in [6.07, 6.45) is 4.22. The van der Waals surface area contributed by atoms with Crippen LogP contribution in [-0.2, 0) is 0 Å². The molecule has 1 atom stereocenters. The fourth-order valence-electron chi connectivity index (χ4n) is 1.45. The van der Waals surface area contributed by atoms with Gasteiger partial charge in [0.2, 0.25) is 0 Å². The Balaban J connectivity index is 2.10. The first-order chi connectivity index (χ1) is 7.79. The molecule has 0 amide bonds. The zero-order valence-corrected chi connectivity index (χ0v) is 9.87. The summed E-state index contributed by atoms with van der Waals surface area (Å²) in [5.74, 6) is 1.20. The molecule has 0 aliphatic heterocycles. The fraction of sp³-hybridized carbons (Fsp3) is 0.273. The van der Waals surface area contributed by atoms with Gasteiger partial charge in [-0.3, -0.25) is 0 Å². The Morgan fingerprint density at radius 3 is 2.88 bits per heavy atom. The molecule has 0 spiro atoms. The standard InChI is InChI=1S/C11H14N4S/c1-2-8(9-4-3-5-16-9)15-11-7-13-10(12)6-14-11/h3-8H,2H2,1H3,(H2,12,13)(H,14,15). The number of rotatable bonds is 4. The van der Waals surface area contributed by atoms with Crippen molar-refractivity contribution in [2.75, 3.05) is 11.1 Å². The van der Waals surface area contributed by atoms with Gasteiger partial charge in [0.1, 0.15) is 11.6 Å². The molecule has 1 unspecified atom stereocenters. The zero-order valence-electron chi connectivity index (χ0n) is 9.05. The van der Waals surface area contributed by atoms with Crippen LogP contribution in [0.5, 0.6) is 0 Å². The van der Waals surface area contributed by atoms with E-state index in [0.717, 1.165) is 12.2 Å². The lowest BCUT2D eigenvalue weighted by atomic mass is 10.2. The van der Waals surface area contributed by atoms with Crippen LogP contribution in [0.25, 0.3) is 0 Å². The average molecular weight is 234 g/mol. The van der Waals surface area contributed by atoms with Gasteiger partial charge in [-0.2, -0.15) is 0 Å². The van der Waals surface area contributed by atoms with Crippen LogP contribution >= 0.6 is 11.3 Å². The summed E-state index contributed by atoms with van der Waals surface area (Å²) >= 11 is 1.74. The molecule has 2 heterocycles. The highest BCUT2D eigenvalue weighted by Gasteiger charge is 2.10. The molecule has 0 fully saturated rings. The van der Waals surface area contributed by atoms with Gasteiger partial charge in [-0.1, -0.05) is 13.0 Å². The first kappa shape index (κ1) is 10.9. The molecule has 2 aromatic heterocycles. The fourth-order valence-corrected chi connectivity index (χ4v) is 2.32. The Morgan fingerprint density at radius 2 is 2.31 bits per heavy atom. The van der Waals surface area contributed by atoms with Gasteiger partial charge < -0.3 is 11.1 Å². The minimum absolute atomic E-state index is 0.290. The van der Waals surface area contributed by atoms with E-state index < -0.39 is 0 Å². The second-order valence-electron chi connectivity index (χ2n) is 3.45. The van der Waals surface area contributed by atoms with Gasteiger partial charge in [0.15, 0.2) is 0 Å². The molecule has 2 aromatic rings. The van der Waals surface area contributed by atoms with E-state index >= 15 is 0 Å². The van der Waals surface area contributed by atoms with E-state index in [-0.39, 0.29) is 6.04 Å². The maximum atomic E-state index is 5.49. The molecule has 0 saturated carbocycles. The van der Waals surface area contributed by atoms with Crippen molar-refractivity contribution in [2.45, 2.75) is 19.4 Å². The molecular formula is C11H14N4S. The van der Waals surface area contributed by atoms with Crippen molar-refractivity contribution >= 4 is 23.0 Å². The number of aromatic nitrogens is 2. The Kier molecular flexibility index (Phi) is 3.36. The molecule has 16 heavy (non-hydrogen) atoms. The SMILES string of the molecule is CCC(Nc1cnc(N)cn1)c1cccs1. The summed E-state index contributed by atoms with van der Waals surface area (Å²) in [7, 11) is 0. The number of hydrogen-bond donors (Lipinski definition) is 2. The normalized spacial score (nSPS) is 12.3. The van der Waals surface area contributed by atoms with Gasteiger partial charge in [0.05, 0.1) is 18.4 Å². The quantitative estimate of drug-likeness (QED) is 0.853. The lowest BCUT2D eigenvalue weighted by Gasteiger charge is -2.15. The monoisotopic (exact) mass is 234 g/mol. The van der Waals surface area contributed by atoms with Crippen molar-refractivity contribution in [2.24, 2.45) is 0 Å². The van der Waals surface area contributed by atoms with Gasteiger partial charge in [-0.05, 0) is 17.9 Å². The zero-order chi connectivity index (χ0) is 11.4. The number of hydrogen-bond acceptors (Lipinski definition) is 5. The second kappa shape index (κ2) is 4.94. The van der Waals surface area contributed by atoms with Crippen molar-refractivity contribution in [1.29, 1.82) is 0 Å². The molecule has 0 aliphatic rings. The van der Waals surface area contributed by atoms with E-state index in [4.69, 9.17) is 5.73 Å². The summed E-state index contributed by atoms with van der Waals surface area (Å²) in [5, 5.41) is 5.42. The van der Waals surface area contributed by atoms with E-state index in [2.05, 4.69) is 39.7 Å². The summed E-state index contributed by atoms with van der Waals surface area (Å²) < 4.78 is 0. The minimum Gasteiger partial charge on any atom is -0.382 e. The molecule has 4 nitrogen and oxygen atoms in total. The van der Waals surface area contributed by atoms with Crippen molar-refractivity contribution in [3.05, 3.63) is 34.8 Å². The van der Waals surface area contributed by atoms with Crippen LogP contribution in [0.1, 0.15) is 24.3 Å². The van der Waals surface area contributed by atoms with E-state index in [1.807, 2.05) is 0 Å². The topological polar surface area (TPSA) is 63.8 Å².